The Labute approximate surface area is 131 Å². The molecule has 2 heteroatoms. The van der Waals surface area contributed by atoms with E-state index in [9.17, 15) is 0 Å². The van der Waals surface area contributed by atoms with Crippen molar-refractivity contribution in [2.75, 3.05) is 27.4 Å². The van der Waals surface area contributed by atoms with Crippen molar-refractivity contribution in [3.63, 3.8) is 0 Å². The molecule has 3 aliphatic rings. The predicted molar refractivity (Wildman–Crippen MR) is 87.3 cm³/mol. The van der Waals surface area contributed by atoms with E-state index in [4.69, 9.17) is 9.47 Å². The van der Waals surface area contributed by atoms with Crippen LogP contribution >= 0.6 is 0 Å². The van der Waals surface area contributed by atoms with Crippen molar-refractivity contribution < 1.29 is 9.47 Å². The lowest BCUT2D eigenvalue weighted by Gasteiger charge is -2.43. The van der Waals surface area contributed by atoms with Crippen LogP contribution in [0.1, 0.15) is 34.1 Å². The third kappa shape index (κ3) is 1.81. The normalized spacial score (nSPS) is 21.7. The summed E-state index contributed by atoms with van der Waals surface area (Å²) in [4.78, 5) is 0. The van der Waals surface area contributed by atoms with Gasteiger partial charge >= 0.3 is 0 Å². The second kappa shape index (κ2) is 5.38. The zero-order valence-electron chi connectivity index (χ0n) is 13.0. The number of rotatable bonds is 4. The van der Waals surface area contributed by atoms with Crippen LogP contribution in [-0.4, -0.2) is 27.4 Å². The van der Waals surface area contributed by atoms with Gasteiger partial charge in [0.05, 0.1) is 13.2 Å². The van der Waals surface area contributed by atoms with Gasteiger partial charge in [0.15, 0.2) is 0 Å². The van der Waals surface area contributed by atoms with Crippen molar-refractivity contribution in [3.05, 3.63) is 81.9 Å². The average Bonchev–Trinajstić information content (AvgIpc) is 2.57. The van der Waals surface area contributed by atoms with E-state index in [2.05, 4.69) is 48.5 Å². The molecule has 0 aromatic heterocycles. The Morgan fingerprint density at radius 2 is 0.955 bits per heavy atom. The van der Waals surface area contributed by atoms with Crippen molar-refractivity contribution in [2.45, 2.75) is 11.8 Å². The van der Waals surface area contributed by atoms with E-state index >= 15 is 0 Å². The molecule has 22 heavy (non-hydrogen) atoms. The minimum atomic E-state index is 0.308. The molecule has 0 heterocycles. The topological polar surface area (TPSA) is 18.5 Å². The Morgan fingerprint density at radius 3 is 1.23 bits per heavy atom. The van der Waals surface area contributed by atoms with Gasteiger partial charge in [-0.3, -0.25) is 0 Å². The van der Waals surface area contributed by atoms with Crippen molar-refractivity contribution in [1.29, 1.82) is 0 Å². The summed E-state index contributed by atoms with van der Waals surface area (Å²) in [5, 5.41) is 0. The fourth-order valence-electron chi connectivity index (χ4n) is 4.19. The molecule has 2 aromatic rings. The molecular formula is C20H20O2. The lowest BCUT2D eigenvalue weighted by molar-refractivity contribution is 0.202. The summed E-state index contributed by atoms with van der Waals surface area (Å²) in [5.41, 5.74) is 8.48. The van der Waals surface area contributed by atoms with Gasteiger partial charge in [-0.2, -0.15) is 0 Å². The molecule has 0 saturated heterocycles. The number of ether oxygens (including phenoxy) is 2. The van der Waals surface area contributed by atoms with E-state index in [1.165, 1.54) is 33.4 Å². The minimum absolute atomic E-state index is 0.308. The van der Waals surface area contributed by atoms with Crippen molar-refractivity contribution >= 4 is 0 Å². The largest absolute Gasteiger partial charge is 0.380 e. The lowest BCUT2D eigenvalue weighted by atomic mass is 9.61. The number of methoxy groups -OCH3 is 2. The first-order valence-corrected chi connectivity index (χ1v) is 7.74. The Morgan fingerprint density at radius 1 is 0.636 bits per heavy atom. The average molecular weight is 292 g/mol. The number of hydrogen-bond acceptors (Lipinski definition) is 2. The van der Waals surface area contributed by atoms with E-state index in [-0.39, 0.29) is 0 Å². The van der Waals surface area contributed by atoms with Crippen molar-refractivity contribution in [1.82, 2.24) is 0 Å². The van der Waals surface area contributed by atoms with Crippen LogP contribution in [0.15, 0.2) is 59.7 Å². The van der Waals surface area contributed by atoms with Crippen LogP contribution < -0.4 is 0 Å². The molecule has 2 bridgehead atoms. The van der Waals surface area contributed by atoms with Gasteiger partial charge in [0, 0.05) is 26.1 Å². The van der Waals surface area contributed by atoms with Crippen LogP contribution in [0.25, 0.3) is 0 Å². The molecule has 0 aliphatic heterocycles. The first kappa shape index (κ1) is 13.7. The summed E-state index contributed by atoms with van der Waals surface area (Å²) < 4.78 is 11.1. The maximum absolute atomic E-state index is 5.53. The molecule has 5 rings (SSSR count). The maximum atomic E-state index is 5.53. The van der Waals surface area contributed by atoms with E-state index in [0.29, 0.717) is 25.0 Å². The van der Waals surface area contributed by atoms with Crippen LogP contribution in [0.5, 0.6) is 0 Å². The van der Waals surface area contributed by atoms with E-state index in [0.717, 1.165) is 0 Å². The highest BCUT2D eigenvalue weighted by molar-refractivity contribution is 5.65. The Balaban J connectivity index is 1.99. The molecular weight excluding hydrogens is 272 g/mol. The Kier molecular flexibility index (Phi) is 3.36. The highest BCUT2D eigenvalue weighted by atomic mass is 16.5. The highest BCUT2D eigenvalue weighted by Gasteiger charge is 2.42. The van der Waals surface area contributed by atoms with Crippen LogP contribution in [-0.2, 0) is 9.47 Å². The van der Waals surface area contributed by atoms with Gasteiger partial charge in [-0.05, 0) is 33.4 Å². The number of benzene rings is 2. The number of hydrogen-bond donors (Lipinski definition) is 0. The van der Waals surface area contributed by atoms with Crippen LogP contribution in [0.3, 0.4) is 0 Å². The quantitative estimate of drug-likeness (QED) is 0.797. The fourth-order valence-corrected chi connectivity index (χ4v) is 4.19. The first-order chi connectivity index (χ1) is 10.9. The van der Waals surface area contributed by atoms with Gasteiger partial charge in [0.2, 0.25) is 0 Å². The molecule has 0 atom stereocenters. The Bertz CT molecular complexity index is 635. The van der Waals surface area contributed by atoms with Gasteiger partial charge in [0.1, 0.15) is 0 Å². The molecule has 3 aliphatic carbocycles. The van der Waals surface area contributed by atoms with Crippen molar-refractivity contribution in [3.8, 4) is 0 Å². The van der Waals surface area contributed by atoms with E-state index < -0.39 is 0 Å². The Hall–Kier alpha value is -1.90. The minimum Gasteiger partial charge on any atom is -0.380 e. The van der Waals surface area contributed by atoms with Gasteiger partial charge in [-0.1, -0.05) is 48.5 Å². The van der Waals surface area contributed by atoms with Gasteiger partial charge in [-0.25, -0.2) is 0 Å². The molecule has 0 spiro atoms. The fraction of sp³-hybridized carbons (Fsp3) is 0.300. The summed E-state index contributed by atoms with van der Waals surface area (Å²) in [6.45, 7) is 1.34. The molecule has 2 nitrogen and oxygen atoms in total. The first-order valence-electron chi connectivity index (χ1n) is 7.74. The molecule has 0 radical (unpaired) electrons. The second-order valence-electron chi connectivity index (χ2n) is 6.04. The van der Waals surface area contributed by atoms with Crippen LogP contribution in [0.2, 0.25) is 0 Å². The van der Waals surface area contributed by atoms with Crippen LogP contribution in [0.4, 0.5) is 0 Å². The van der Waals surface area contributed by atoms with Gasteiger partial charge < -0.3 is 9.47 Å². The predicted octanol–water partition coefficient (Wildman–Crippen LogP) is 3.87. The van der Waals surface area contributed by atoms with Gasteiger partial charge in [-0.15, -0.1) is 0 Å². The summed E-state index contributed by atoms with van der Waals surface area (Å²) in [6, 6.07) is 17.6. The summed E-state index contributed by atoms with van der Waals surface area (Å²) >= 11 is 0. The second-order valence-corrected chi connectivity index (χ2v) is 6.04. The van der Waals surface area contributed by atoms with Crippen molar-refractivity contribution in [2.24, 2.45) is 0 Å². The molecule has 0 unspecified atom stereocenters. The monoisotopic (exact) mass is 292 g/mol. The highest BCUT2D eigenvalue weighted by Crippen LogP contribution is 2.55. The third-order valence-corrected chi connectivity index (χ3v) is 4.95. The third-order valence-electron chi connectivity index (χ3n) is 4.95. The van der Waals surface area contributed by atoms with E-state index in [1.807, 2.05) is 0 Å². The van der Waals surface area contributed by atoms with Gasteiger partial charge in [0.25, 0.3) is 0 Å². The van der Waals surface area contributed by atoms with E-state index in [1.54, 1.807) is 14.2 Å². The SMILES string of the molecule is COCC1=C(COC)C2c3ccccc3C1c1ccccc12. The summed E-state index contributed by atoms with van der Waals surface area (Å²) in [5.74, 6) is 0.616. The maximum Gasteiger partial charge on any atom is 0.0686 e. The molecule has 112 valence electrons. The standard InChI is InChI=1S/C20H20O2/c1-21-11-17-18(12-22-2)20-15-9-5-3-7-13(15)19(17)14-8-4-6-10-16(14)20/h3-10,19-20H,11-12H2,1-2H3. The summed E-state index contributed by atoms with van der Waals surface area (Å²) in [7, 11) is 3.55. The van der Waals surface area contributed by atoms with Crippen LogP contribution in [0, 0.1) is 0 Å². The molecule has 2 aromatic carbocycles. The zero-order valence-corrected chi connectivity index (χ0v) is 13.0. The molecule has 0 fully saturated rings. The molecule has 0 amide bonds. The lowest BCUT2D eigenvalue weighted by Crippen LogP contribution is -2.31. The smallest absolute Gasteiger partial charge is 0.0686 e. The molecule has 0 saturated carbocycles. The summed E-state index contributed by atoms with van der Waals surface area (Å²) in [6.07, 6.45) is 0. The zero-order chi connectivity index (χ0) is 15.1. The molecule has 0 N–H and O–H groups in total.